The van der Waals surface area contributed by atoms with Crippen LogP contribution >= 0.6 is 11.6 Å². The predicted octanol–water partition coefficient (Wildman–Crippen LogP) is 3.13. The van der Waals surface area contributed by atoms with E-state index >= 15 is 0 Å². The molecule has 0 N–H and O–H groups in total. The minimum absolute atomic E-state index is 0.0415. The van der Waals surface area contributed by atoms with Crippen molar-refractivity contribution in [3.63, 3.8) is 0 Å². The van der Waals surface area contributed by atoms with Gasteiger partial charge in [-0.3, -0.25) is 4.79 Å². The van der Waals surface area contributed by atoms with Gasteiger partial charge in [-0.15, -0.1) is 0 Å². The summed E-state index contributed by atoms with van der Waals surface area (Å²) in [5.74, 6) is -0.848. The van der Waals surface area contributed by atoms with Gasteiger partial charge >= 0.3 is 0 Å². The molecule has 0 aromatic heterocycles. The molecule has 0 heterocycles. The van der Waals surface area contributed by atoms with Crippen molar-refractivity contribution < 1.29 is 9.18 Å². The normalized spacial score (nSPS) is 11.9. The molecule has 12 heavy (non-hydrogen) atoms. The largest absolute Gasteiger partial charge is 0.300 e. The topological polar surface area (TPSA) is 17.1 Å². The maximum atomic E-state index is 12.6. The standard InChI is InChI=1S/C9H10ClFO/c1-4-9(10)8(7(3)11)5-6(2)12/h4H,1,3,5H2,2H3/b9-8+. The quantitative estimate of drug-likeness (QED) is 0.620. The van der Waals surface area contributed by atoms with Gasteiger partial charge in [0.05, 0.1) is 0 Å². The van der Waals surface area contributed by atoms with Crippen LogP contribution in [0.1, 0.15) is 13.3 Å². The highest BCUT2D eigenvalue weighted by atomic mass is 35.5. The van der Waals surface area contributed by atoms with Crippen LogP contribution in [-0.2, 0) is 4.79 Å². The second kappa shape index (κ2) is 4.88. The summed E-state index contributed by atoms with van der Waals surface area (Å²) in [5.41, 5.74) is 0.110. The van der Waals surface area contributed by atoms with Crippen LogP contribution in [0.15, 0.2) is 35.7 Å². The summed E-state index contributed by atoms with van der Waals surface area (Å²) in [6, 6.07) is 0. The van der Waals surface area contributed by atoms with Crippen molar-refractivity contribution in [2.24, 2.45) is 0 Å². The molecule has 0 bridgehead atoms. The van der Waals surface area contributed by atoms with Crippen LogP contribution in [-0.4, -0.2) is 5.78 Å². The van der Waals surface area contributed by atoms with E-state index in [1.54, 1.807) is 0 Å². The molecule has 0 fully saturated rings. The van der Waals surface area contributed by atoms with Crippen LogP contribution in [0.25, 0.3) is 0 Å². The van der Waals surface area contributed by atoms with Gasteiger partial charge in [-0.25, -0.2) is 4.39 Å². The monoisotopic (exact) mass is 188 g/mol. The molecule has 0 aliphatic rings. The third kappa shape index (κ3) is 3.49. The van der Waals surface area contributed by atoms with Crippen LogP contribution in [0.5, 0.6) is 0 Å². The number of rotatable bonds is 4. The molecule has 0 radical (unpaired) electrons. The number of carbonyl (C=O) groups excluding carboxylic acids is 1. The molecule has 0 saturated heterocycles. The first-order valence-corrected chi connectivity index (χ1v) is 3.72. The van der Waals surface area contributed by atoms with Gasteiger partial charge in [0, 0.05) is 17.0 Å². The van der Waals surface area contributed by atoms with E-state index in [1.165, 1.54) is 13.0 Å². The third-order valence-corrected chi connectivity index (χ3v) is 1.60. The molecule has 3 heteroatoms. The maximum Gasteiger partial charge on any atom is 0.134 e. The molecule has 1 nitrogen and oxygen atoms in total. The second-order valence-corrected chi connectivity index (χ2v) is 2.72. The van der Waals surface area contributed by atoms with Gasteiger partial charge in [0.1, 0.15) is 11.6 Å². The van der Waals surface area contributed by atoms with E-state index in [9.17, 15) is 9.18 Å². The van der Waals surface area contributed by atoms with Gasteiger partial charge in [0.25, 0.3) is 0 Å². The van der Waals surface area contributed by atoms with Crippen LogP contribution in [0.3, 0.4) is 0 Å². The van der Waals surface area contributed by atoms with E-state index in [1.807, 2.05) is 0 Å². The number of halogens is 2. The SMILES string of the molecule is C=C/C(Cl)=C(/CC(C)=O)C(=C)F. The number of hydrogen-bond acceptors (Lipinski definition) is 1. The average Bonchev–Trinajstić information content (AvgIpc) is 1.98. The Morgan fingerprint density at radius 2 is 2.17 bits per heavy atom. The smallest absolute Gasteiger partial charge is 0.134 e. The van der Waals surface area contributed by atoms with Crippen LogP contribution < -0.4 is 0 Å². The van der Waals surface area contributed by atoms with Crippen LogP contribution in [0.2, 0.25) is 0 Å². The Kier molecular flexibility index (Phi) is 4.52. The maximum absolute atomic E-state index is 12.6. The van der Waals surface area contributed by atoms with E-state index in [0.717, 1.165) is 0 Å². The molecule has 0 aromatic rings. The van der Waals surface area contributed by atoms with Gasteiger partial charge in [0.15, 0.2) is 0 Å². The lowest BCUT2D eigenvalue weighted by molar-refractivity contribution is -0.116. The fraction of sp³-hybridized carbons (Fsp3) is 0.222. The Balaban J connectivity index is 4.78. The molecule has 0 spiro atoms. The lowest BCUT2D eigenvalue weighted by atomic mass is 10.1. The fourth-order valence-electron chi connectivity index (χ4n) is 0.682. The molecule has 0 aliphatic carbocycles. The van der Waals surface area contributed by atoms with Crippen molar-refractivity contribution in [3.8, 4) is 0 Å². The lowest BCUT2D eigenvalue weighted by Crippen LogP contribution is -1.95. The molecule has 0 aliphatic heterocycles. The summed E-state index contributed by atoms with van der Waals surface area (Å²) in [7, 11) is 0. The van der Waals surface area contributed by atoms with E-state index in [2.05, 4.69) is 13.2 Å². The number of allylic oxidation sites excluding steroid dienone is 4. The van der Waals surface area contributed by atoms with Crippen molar-refractivity contribution in [1.29, 1.82) is 0 Å². The van der Waals surface area contributed by atoms with Gasteiger partial charge in [-0.2, -0.15) is 0 Å². The Bertz CT molecular complexity index is 253. The van der Waals surface area contributed by atoms with E-state index < -0.39 is 5.83 Å². The molecule has 0 saturated carbocycles. The van der Waals surface area contributed by atoms with Gasteiger partial charge in [-0.05, 0) is 6.92 Å². The van der Waals surface area contributed by atoms with Crippen molar-refractivity contribution in [1.82, 2.24) is 0 Å². The molecule has 0 unspecified atom stereocenters. The van der Waals surface area contributed by atoms with Gasteiger partial charge in [0.2, 0.25) is 0 Å². The van der Waals surface area contributed by atoms with Crippen molar-refractivity contribution >= 4 is 17.4 Å². The second-order valence-electron chi connectivity index (χ2n) is 2.31. The van der Waals surface area contributed by atoms with Gasteiger partial charge in [-0.1, -0.05) is 30.8 Å². The molecular weight excluding hydrogens is 179 g/mol. The Hall–Kier alpha value is -0.890. The first-order valence-electron chi connectivity index (χ1n) is 3.34. The van der Waals surface area contributed by atoms with E-state index in [4.69, 9.17) is 11.6 Å². The van der Waals surface area contributed by atoms with Crippen LogP contribution in [0, 0.1) is 0 Å². The van der Waals surface area contributed by atoms with Crippen molar-refractivity contribution in [2.75, 3.05) is 0 Å². The number of carbonyl (C=O) groups is 1. The molecular formula is C9H10ClFO. The van der Waals surface area contributed by atoms with Crippen LogP contribution in [0.4, 0.5) is 4.39 Å². The molecule has 0 amide bonds. The summed E-state index contributed by atoms with van der Waals surface area (Å²) in [6.07, 6.45) is 1.24. The fourth-order valence-corrected chi connectivity index (χ4v) is 0.851. The highest BCUT2D eigenvalue weighted by Gasteiger charge is 2.08. The summed E-state index contributed by atoms with van der Waals surface area (Å²) in [6.45, 7) is 7.79. The van der Waals surface area contributed by atoms with Gasteiger partial charge < -0.3 is 0 Å². The summed E-state index contributed by atoms with van der Waals surface area (Å²) in [4.78, 5) is 10.6. The summed E-state index contributed by atoms with van der Waals surface area (Å²) >= 11 is 5.58. The summed E-state index contributed by atoms with van der Waals surface area (Å²) in [5, 5.41) is 0.137. The lowest BCUT2D eigenvalue weighted by Gasteiger charge is -2.02. The Labute approximate surface area is 76.2 Å². The molecule has 66 valence electrons. The summed E-state index contributed by atoms with van der Waals surface area (Å²) < 4.78 is 12.6. The first-order chi connectivity index (χ1) is 5.49. The zero-order chi connectivity index (χ0) is 9.72. The number of Topliss-reactive ketones (excluding diaryl/α,β-unsaturated/α-hetero) is 1. The van der Waals surface area contributed by atoms with Crippen molar-refractivity contribution in [2.45, 2.75) is 13.3 Å². The minimum atomic E-state index is -0.685. The highest BCUT2D eigenvalue weighted by Crippen LogP contribution is 2.22. The first kappa shape index (κ1) is 11.1. The zero-order valence-corrected chi connectivity index (χ0v) is 7.62. The number of ketones is 1. The third-order valence-electron chi connectivity index (χ3n) is 1.22. The minimum Gasteiger partial charge on any atom is -0.300 e. The molecule has 0 rings (SSSR count). The zero-order valence-electron chi connectivity index (χ0n) is 6.86. The molecule has 0 aromatic carbocycles. The molecule has 0 atom stereocenters. The predicted molar refractivity (Wildman–Crippen MR) is 48.6 cm³/mol. The Morgan fingerprint density at radius 1 is 1.67 bits per heavy atom. The highest BCUT2D eigenvalue weighted by molar-refractivity contribution is 6.31. The van der Waals surface area contributed by atoms with E-state index in [0.29, 0.717) is 0 Å². The Morgan fingerprint density at radius 3 is 2.42 bits per heavy atom. The number of hydrogen-bond donors (Lipinski definition) is 0. The average molecular weight is 189 g/mol. The van der Waals surface area contributed by atoms with Crippen molar-refractivity contribution in [3.05, 3.63) is 35.7 Å². The van der Waals surface area contributed by atoms with E-state index in [-0.39, 0.29) is 22.8 Å².